The average molecular weight is 353 g/mol. The van der Waals surface area contributed by atoms with Crippen molar-refractivity contribution < 1.29 is 4.39 Å². The van der Waals surface area contributed by atoms with Gasteiger partial charge in [-0.2, -0.15) is 4.98 Å². The maximum atomic E-state index is 12.9. The fourth-order valence-electron chi connectivity index (χ4n) is 2.32. The van der Waals surface area contributed by atoms with E-state index in [1.54, 1.807) is 0 Å². The van der Waals surface area contributed by atoms with Gasteiger partial charge in [-0.15, -0.1) is 0 Å². The first-order valence-electron chi connectivity index (χ1n) is 7.55. The lowest BCUT2D eigenvalue weighted by atomic mass is 10.2. The van der Waals surface area contributed by atoms with E-state index in [1.165, 1.54) is 6.20 Å². The highest BCUT2D eigenvalue weighted by Crippen LogP contribution is 2.22. The maximum absolute atomic E-state index is 12.9. The first-order valence-corrected chi connectivity index (χ1v) is 7.93. The van der Waals surface area contributed by atoms with Crippen LogP contribution in [0.4, 0.5) is 16.2 Å². The molecule has 2 aromatic heterocycles. The second-order valence-electron chi connectivity index (χ2n) is 5.64. The fourth-order valence-corrected chi connectivity index (χ4v) is 2.46. The summed E-state index contributed by atoms with van der Waals surface area (Å²) in [7, 11) is 0. The molecule has 2 aromatic rings. The molecule has 0 bridgehead atoms. The Morgan fingerprint density at radius 3 is 2.67 bits per heavy atom. The topological polar surface area (TPSA) is 99.7 Å². The van der Waals surface area contributed by atoms with Crippen LogP contribution < -0.4 is 21.5 Å². The molecule has 1 saturated heterocycles. The van der Waals surface area contributed by atoms with Crippen molar-refractivity contribution in [1.82, 2.24) is 30.8 Å². The first kappa shape index (κ1) is 16.7. The molecule has 0 amide bonds. The molecule has 3 unspecified atom stereocenters. The molecule has 0 radical (unpaired) electrons. The van der Waals surface area contributed by atoms with Gasteiger partial charge in [0.25, 0.3) is 0 Å². The molecule has 0 aliphatic carbocycles. The normalized spacial score (nSPS) is 21.5. The fraction of sp³-hybridized carbons (Fsp3) is 0.429. The van der Waals surface area contributed by atoms with Gasteiger partial charge in [-0.25, -0.2) is 24.8 Å². The molecule has 1 aliphatic rings. The summed E-state index contributed by atoms with van der Waals surface area (Å²) in [5.41, 5.74) is 6.24. The van der Waals surface area contributed by atoms with E-state index in [0.717, 1.165) is 18.8 Å². The maximum Gasteiger partial charge on any atom is 0.225 e. The molecule has 24 heavy (non-hydrogen) atoms. The standard InChI is InChI=1S/C14H18ClFN8/c1-7-3-11(24-23-7)21-13-10(15)6-19-14(22-13)20-8(2)12-17-4-9(16)5-18-12/h4-8,11,23-24H,3H2,1-2H3,(H2,19,20,21,22). The van der Waals surface area contributed by atoms with Crippen molar-refractivity contribution in [2.24, 2.45) is 0 Å². The number of hydrazine groups is 1. The lowest BCUT2D eigenvalue weighted by molar-refractivity contribution is 0.571. The zero-order valence-corrected chi connectivity index (χ0v) is 14.0. The van der Waals surface area contributed by atoms with Gasteiger partial charge in [-0.1, -0.05) is 11.6 Å². The zero-order valence-electron chi connectivity index (χ0n) is 13.2. The van der Waals surface area contributed by atoms with Crippen LogP contribution in [0.15, 0.2) is 18.6 Å². The Balaban J connectivity index is 1.69. The highest BCUT2D eigenvalue weighted by atomic mass is 35.5. The Hall–Kier alpha value is -2.10. The lowest BCUT2D eigenvalue weighted by Gasteiger charge is -2.16. The quantitative estimate of drug-likeness (QED) is 0.647. The predicted molar refractivity (Wildman–Crippen MR) is 88.8 cm³/mol. The molecule has 0 aromatic carbocycles. The van der Waals surface area contributed by atoms with E-state index in [9.17, 15) is 4.39 Å². The Morgan fingerprint density at radius 2 is 2.00 bits per heavy atom. The van der Waals surface area contributed by atoms with E-state index < -0.39 is 5.82 Å². The molecule has 3 atom stereocenters. The number of rotatable bonds is 5. The van der Waals surface area contributed by atoms with Crippen molar-refractivity contribution in [2.75, 3.05) is 10.6 Å². The summed E-state index contributed by atoms with van der Waals surface area (Å²) in [5.74, 6) is 0.864. The van der Waals surface area contributed by atoms with Crippen molar-refractivity contribution >= 4 is 23.4 Å². The van der Waals surface area contributed by atoms with E-state index in [0.29, 0.717) is 28.7 Å². The van der Waals surface area contributed by atoms with Gasteiger partial charge < -0.3 is 10.6 Å². The van der Waals surface area contributed by atoms with Gasteiger partial charge in [-0.05, 0) is 20.3 Å². The van der Waals surface area contributed by atoms with Crippen molar-refractivity contribution in [3.63, 3.8) is 0 Å². The minimum Gasteiger partial charge on any atom is -0.352 e. The van der Waals surface area contributed by atoms with Gasteiger partial charge >= 0.3 is 0 Å². The van der Waals surface area contributed by atoms with Crippen LogP contribution in [-0.4, -0.2) is 32.1 Å². The average Bonchev–Trinajstić information content (AvgIpc) is 2.96. The number of nitrogens with one attached hydrogen (secondary N) is 4. The van der Waals surface area contributed by atoms with Crippen molar-refractivity contribution in [1.29, 1.82) is 0 Å². The van der Waals surface area contributed by atoms with Crippen LogP contribution in [0.5, 0.6) is 0 Å². The van der Waals surface area contributed by atoms with Crippen LogP contribution in [0.25, 0.3) is 0 Å². The van der Waals surface area contributed by atoms with Gasteiger partial charge in [0.15, 0.2) is 11.6 Å². The molecule has 3 heterocycles. The summed E-state index contributed by atoms with van der Waals surface area (Å²) in [5, 5.41) is 6.72. The lowest BCUT2D eigenvalue weighted by Crippen LogP contribution is -2.36. The number of nitrogens with zero attached hydrogens (tertiary/aromatic N) is 4. The van der Waals surface area contributed by atoms with Gasteiger partial charge in [0.2, 0.25) is 5.95 Å². The van der Waals surface area contributed by atoms with Crippen LogP contribution in [0.2, 0.25) is 5.02 Å². The smallest absolute Gasteiger partial charge is 0.225 e. The Morgan fingerprint density at radius 1 is 1.25 bits per heavy atom. The molecule has 4 N–H and O–H groups in total. The summed E-state index contributed by atoms with van der Waals surface area (Å²) < 4.78 is 12.9. The Kier molecular flexibility index (Phi) is 5.03. The molecule has 128 valence electrons. The van der Waals surface area contributed by atoms with E-state index in [4.69, 9.17) is 11.6 Å². The van der Waals surface area contributed by atoms with E-state index in [-0.39, 0.29) is 12.2 Å². The van der Waals surface area contributed by atoms with Crippen LogP contribution in [0, 0.1) is 5.82 Å². The van der Waals surface area contributed by atoms with Crippen molar-refractivity contribution in [3.05, 3.63) is 35.3 Å². The molecular formula is C14H18ClFN8. The van der Waals surface area contributed by atoms with E-state index in [1.807, 2.05) is 6.92 Å². The molecule has 1 aliphatic heterocycles. The molecule has 0 saturated carbocycles. The zero-order chi connectivity index (χ0) is 17.1. The Bertz CT molecular complexity index is 698. The SMILES string of the molecule is CC1CC(Nc2nc(NC(C)c3ncc(F)cn3)ncc2Cl)NN1. The summed E-state index contributed by atoms with van der Waals surface area (Å²) >= 11 is 6.15. The molecule has 0 spiro atoms. The third kappa shape index (κ3) is 4.05. The summed E-state index contributed by atoms with van der Waals surface area (Å²) in [4.78, 5) is 16.4. The van der Waals surface area contributed by atoms with Gasteiger partial charge in [0.1, 0.15) is 10.8 Å². The molecule has 8 nitrogen and oxygen atoms in total. The highest BCUT2D eigenvalue weighted by molar-refractivity contribution is 6.32. The minimum absolute atomic E-state index is 0.0260. The Labute approximate surface area is 143 Å². The van der Waals surface area contributed by atoms with E-state index in [2.05, 4.69) is 48.3 Å². The van der Waals surface area contributed by atoms with Crippen LogP contribution in [-0.2, 0) is 0 Å². The highest BCUT2D eigenvalue weighted by Gasteiger charge is 2.21. The predicted octanol–water partition coefficient (Wildman–Crippen LogP) is 1.86. The molecule has 10 heteroatoms. The third-order valence-electron chi connectivity index (χ3n) is 3.52. The summed E-state index contributed by atoms with van der Waals surface area (Å²) in [6.07, 6.45) is 4.68. The van der Waals surface area contributed by atoms with Gasteiger partial charge in [-0.3, -0.25) is 5.43 Å². The number of hydrogen-bond donors (Lipinski definition) is 4. The molecular weight excluding hydrogens is 335 g/mol. The van der Waals surface area contributed by atoms with Crippen LogP contribution in [0.1, 0.15) is 32.1 Å². The van der Waals surface area contributed by atoms with Crippen LogP contribution in [0.3, 0.4) is 0 Å². The monoisotopic (exact) mass is 352 g/mol. The van der Waals surface area contributed by atoms with Gasteiger partial charge in [0.05, 0.1) is 30.8 Å². The second-order valence-corrected chi connectivity index (χ2v) is 6.05. The number of halogens is 2. The van der Waals surface area contributed by atoms with Crippen LogP contribution >= 0.6 is 11.6 Å². The van der Waals surface area contributed by atoms with Gasteiger partial charge in [0, 0.05) is 6.04 Å². The number of aromatic nitrogens is 4. The molecule has 1 fully saturated rings. The first-order chi connectivity index (χ1) is 11.5. The minimum atomic E-state index is -0.480. The third-order valence-corrected chi connectivity index (χ3v) is 3.80. The summed E-state index contributed by atoms with van der Waals surface area (Å²) in [6.45, 7) is 3.91. The number of hydrogen-bond acceptors (Lipinski definition) is 8. The largest absolute Gasteiger partial charge is 0.352 e. The van der Waals surface area contributed by atoms with Crippen molar-refractivity contribution in [2.45, 2.75) is 38.5 Å². The van der Waals surface area contributed by atoms with E-state index >= 15 is 0 Å². The second kappa shape index (κ2) is 7.20. The molecule has 3 rings (SSSR count). The number of anilines is 2. The van der Waals surface area contributed by atoms with Crippen molar-refractivity contribution in [3.8, 4) is 0 Å². The summed E-state index contributed by atoms with van der Waals surface area (Å²) in [6, 6.07) is 0.0716.